The number of benzene rings is 1. The van der Waals surface area contributed by atoms with Crippen molar-refractivity contribution in [1.29, 1.82) is 0 Å². The van der Waals surface area contributed by atoms with Gasteiger partial charge in [0.1, 0.15) is 17.6 Å². The molecule has 0 bridgehead atoms. The van der Waals surface area contributed by atoms with Gasteiger partial charge < -0.3 is 19.5 Å². The number of likely N-dealkylation sites (N-methyl/N-ethyl adjacent to an activating group) is 1. The van der Waals surface area contributed by atoms with Crippen molar-refractivity contribution in [3.05, 3.63) is 29.3 Å². The van der Waals surface area contributed by atoms with Crippen molar-refractivity contribution in [1.82, 2.24) is 4.90 Å². The van der Waals surface area contributed by atoms with Crippen molar-refractivity contribution in [3.63, 3.8) is 0 Å². The summed E-state index contributed by atoms with van der Waals surface area (Å²) in [6.07, 6.45) is -3.93. The molecular formula is C18H22F3NO4. The van der Waals surface area contributed by atoms with Gasteiger partial charge in [0.15, 0.2) is 6.10 Å². The summed E-state index contributed by atoms with van der Waals surface area (Å²) in [5, 5.41) is 9.06. The minimum atomic E-state index is -4.77. The average molecular weight is 373 g/mol. The molecule has 1 heterocycles. The van der Waals surface area contributed by atoms with E-state index < -0.39 is 24.7 Å². The average Bonchev–Trinajstić information content (AvgIpc) is 2.90. The maximum Gasteiger partial charge on any atom is 0.416 e. The Balaban J connectivity index is 2.14. The van der Waals surface area contributed by atoms with Crippen molar-refractivity contribution in [2.45, 2.75) is 38.7 Å². The third-order valence-electron chi connectivity index (χ3n) is 3.93. The molecule has 0 saturated carbocycles. The van der Waals surface area contributed by atoms with E-state index in [4.69, 9.17) is 14.6 Å². The lowest BCUT2D eigenvalue weighted by Crippen LogP contribution is -2.41. The monoisotopic (exact) mass is 373 g/mol. The fourth-order valence-corrected chi connectivity index (χ4v) is 2.61. The van der Waals surface area contributed by atoms with Gasteiger partial charge >= 0.3 is 6.18 Å². The smallest absolute Gasteiger partial charge is 0.416 e. The van der Waals surface area contributed by atoms with E-state index in [0.717, 1.165) is 23.0 Å². The number of carbonyl (C=O) groups excluding carboxylic acids is 1. The summed E-state index contributed by atoms with van der Waals surface area (Å²) in [5.41, 5.74) is 1.60. The van der Waals surface area contributed by atoms with Gasteiger partial charge in [-0.1, -0.05) is 0 Å². The number of ether oxygens (including phenoxy) is 2. The zero-order chi connectivity index (χ0) is 19.5. The van der Waals surface area contributed by atoms with Gasteiger partial charge in [-0.15, -0.1) is 0 Å². The molecule has 2 rings (SSSR count). The lowest BCUT2D eigenvalue weighted by molar-refractivity contribution is -0.207. The first-order valence-corrected chi connectivity index (χ1v) is 8.26. The quantitative estimate of drug-likeness (QED) is 0.779. The predicted octanol–water partition coefficient (Wildman–Crippen LogP) is 2.80. The van der Waals surface area contributed by atoms with E-state index in [1.807, 2.05) is 19.9 Å². The van der Waals surface area contributed by atoms with Gasteiger partial charge in [-0.2, -0.15) is 13.2 Å². The van der Waals surface area contributed by atoms with Crippen LogP contribution in [0, 0.1) is 0 Å². The molecule has 5 nitrogen and oxygen atoms in total. The van der Waals surface area contributed by atoms with Crippen molar-refractivity contribution in [2.75, 3.05) is 20.2 Å². The Hall–Kier alpha value is -2.22. The minimum absolute atomic E-state index is 0.0512. The number of amides is 1. The van der Waals surface area contributed by atoms with Gasteiger partial charge in [-0.25, -0.2) is 0 Å². The van der Waals surface area contributed by atoms with Crippen molar-refractivity contribution < 1.29 is 32.5 Å². The fraction of sp³-hybridized carbons (Fsp3) is 0.500. The maximum absolute atomic E-state index is 12.4. The van der Waals surface area contributed by atoms with Crippen LogP contribution in [0.5, 0.6) is 11.5 Å². The molecule has 0 aromatic heterocycles. The number of nitrogens with zero attached hydrogens (tertiary/aromatic N) is 1. The van der Waals surface area contributed by atoms with Crippen LogP contribution in [0.2, 0.25) is 0 Å². The number of aliphatic hydroxyl groups excluding tert-OH is 1. The molecule has 8 heteroatoms. The number of fused-ring (bicyclic) bond motifs is 1. The lowest BCUT2D eigenvalue weighted by Gasteiger charge is -2.21. The van der Waals surface area contributed by atoms with E-state index in [0.29, 0.717) is 23.7 Å². The molecule has 1 amide bonds. The van der Waals surface area contributed by atoms with E-state index in [1.165, 1.54) is 13.1 Å². The summed E-state index contributed by atoms with van der Waals surface area (Å²) in [6, 6.07) is 3.60. The first-order chi connectivity index (χ1) is 12.1. The Kier molecular flexibility index (Phi) is 6.17. The lowest BCUT2D eigenvalue weighted by atomic mass is 10.1. The van der Waals surface area contributed by atoms with Crippen molar-refractivity contribution >= 4 is 12.0 Å². The second-order valence-corrected chi connectivity index (χ2v) is 6.17. The number of carbonyl (C=O) groups is 1. The molecule has 2 unspecified atom stereocenters. The van der Waals surface area contributed by atoms with E-state index in [9.17, 15) is 18.0 Å². The molecule has 0 aliphatic carbocycles. The number of alkyl halides is 3. The summed E-state index contributed by atoms with van der Waals surface area (Å²) in [5.74, 6) is 0.616. The zero-order valence-corrected chi connectivity index (χ0v) is 14.8. The van der Waals surface area contributed by atoms with E-state index in [2.05, 4.69) is 0 Å². The molecule has 26 heavy (non-hydrogen) atoms. The topological polar surface area (TPSA) is 59.0 Å². The Morgan fingerprint density at radius 2 is 2.19 bits per heavy atom. The number of halogens is 3. The summed E-state index contributed by atoms with van der Waals surface area (Å²) in [6.45, 7) is 3.37. The molecular weight excluding hydrogens is 351 g/mol. The van der Waals surface area contributed by atoms with Crippen LogP contribution < -0.4 is 9.47 Å². The highest BCUT2D eigenvalue weighted by Crippen LogP contribution is 2.35. The predicted molar refractivity (Wildman–Crippen MR) is 90.1 cm³/mol. The molecule has 0 fully saturated rings. The normalized spacial score (nSPS) is 17.7. The number of hydrogen-bond donors (Lipinski definition) is 1. The third kappa shape index (κ3) is 4.91. The minimum Gasteiger partial charge on any atom is -0.493 e. The number of rotatable bonds is 6. The Labute approximate surface area is 150 Å². The third-order valence-corrected chi connectivity index (χ3v) is 3.93. The molecule has 0 saturated heterocycles. The van der Waals surface area contributed by atoms with E-state index >= 15 is 0 Å². The number of hydrogen-bond acceptors (Lipinski definition) is 4. The van der Waals surface area contributed by atoms with Crippen LogP contribution in [0.15, 0.2) is 18.2 Å². The molecule has 1 N–H and O–H groups in total. The van der Waals surface area contributed by atoms with Crippen LogP contribution in [-0.4, -0.2) is 54.5 Å². The van der Waals surface area contributed by atoms with Gasteiger partial charge in [-0.05, 0) is 32.1 Å². The molecule has 1 aliphatic heterocycles. The maximum atomic E-state index is 12.4. The molecule has 144 valence electrons. The highest BCUT2D eigenvalue weighted by molar-refractivity contribution is 5.92. The van der Waals surface area contributed by atoms with Crippen molar-refractivity contribution in [2.24, 2.45) is 0 Å². The summed E-state index contributed by atoms with van der Waals surface area (Å²) in [7, 11) is 1.19. The standard InChI is InChI=1S/C18H22F3NO4/c1-4-25-14-9-13-7-11(2)26-15(13)8-12(14)5-6-17(24)22(3)10-16(23)18(19,20)21/h5-6,8-9,11,16,23H,4,7,10H2,1-3H3. The molecule has 0 spiro atoms. The second-order valence-electron chi connectivity index (χ2n) is 6.17. The van der Waals surface area contributed by atoms with Crippen LogP contribution >= 0.6 is 0 Å². The van der Waals surface area contributed by atoms with E-state index in [-0.39, 0.29) is 6.10 Å². The summed E-state index contributed by atoms with van der Waals surface area (Å²) in [4.78, 5) is 12.8. The van der Waals surface area contributed by atoms with Gasteiger partial charge in [0.25, 0.3) is 0 Å². The highest BCUT2D eigenvalue weighted by atomic mass is 19.4. The van der Waals surface area contributed by atoms with Crippen LogP contribution in [0.3, 0.4) is 0 Å². The Bertz CT molecular complexity index is 688. The first kappa shape index (κ1) is 20.1. The Morgan fingerprint density at radius 1 is 1.50 bits per heavy atom. The van der Waals surface area contributed by atoms with Crippen LogP contribution in [0.1, 0.15) is 25.0 Å². The van der Waals surface area contributed by atoms with E-state index in [1.54, 1.807) is 6.07 Å². The van der Waals surface area contributed by atoms with Crippen LogP contribution in [-0.2, 0) is 11.2 Å². The summed E-state index contributed by atoms with van der Waals surface area (Å²) >= 11 is 0. The highest BCUT2D eigenvalue weighted by Gasteiger charge is 2.39. The SMILES string of the molecule is CCOc1cc2c(cc1C=CC(=O)N(C)CC(O)C(F)(F)F)OC(C)C2. The van der Waals surface area contributed by atoms with Crippen molar-refractivity contribution in [3.8, 4) is 11.5 Å². The number of aliphatic hydroxyl groups is 1. The first-order valence-electron chi connectivity index (χ1n) is 8.26. The zero-order valence-electron chi connectivity index (χ0n) is 14.8. The van der Waals surface area contributed by atoms with Gasteiger partial charge in [0.05, 0.1) is 13.2 Å². The molecule has 0 radical (unpaired) electrons. The van der Waals surface area contributed by atoms with Gasteiger partial charge in [0.2, 0.25) is 5.91 Å². The Morgan fingerprint density at radius 3 is 2.81 bits per heavy atom. The second kappa shape index (κ2) is 7.99. The largest absolute Gasteiger partial charge is 0.493 e. The van der Waals surface area contributed by atoms with Crippen LogP contribution in [0.4, 0.5) is 13.2 Å². The molecule has 1 aromatic carbocycles. The molecule has 2 atom stereocenters. The summed E-state index contributed by atoms with van der Waals surface area (Å²) < 4.78 is 48.4. The fourth-order valence-electron chi connectivity index (χ4n) is 2.61. The molecule has 1 aromatic rings. The van der Waals surface area contributed by atoms with Gasteiger partial charge in [0, 0.05) is 30.7 Å². The van der Waals surface area contributed by atoms with Crippen LogP contribution in [0.25, 0.3) is 6.08 Å². The van der Waals surface area contributed by atoms with Gasteiger partial charge in [-0.3, -0.25) is 4.79 Å². The molecule has 1 aliphatic rings.